The normalized spacial score (nSPS) is 14.5. The Balaban J connectivity index is 2.08. The largest absolute Gasteiger partial charge is 0.461 e. The maximum absolute atomic E-state index is 15.9. The summed E-state index contributed by atoms with van der Waals surface area (Å²) in [5, 5.41) is 10.1. The van der Waals surface area contributed by atoms with Gasteiger partial charge in [-0.2, -0.15) is 0 Å². The SMILES string of the molecule is CC(F)Oc1cccc(-c2c(OC(C)F)ccc(C(C)c3cnc(C(C)(C)O)nc3)c2F)c1. The number of rotatable bonds is 8. The number of hydrogen-bond donors (Lipinski definition) is 1. The molecule has 3 aromatic rings. The lowest BCUT2D eigenvalue weighted by Crippen LogP contribution is -2.19. The minimum atomic E-state index is -1.67. The van der Waals surface area contributed by atoms with E-state index in [-0.39, 0.29) is 22.9 Å². The first-order chi connectivity index (χ1) is 15.5. The van der Waals surface area contributed by atoms with E-state index in [4.69, 9.17) is 9.47 Å². The van der Waals surface area contributed by atoms with Crippen molar-refractivity contribution < 1.29 is 27.8 Å². The highest BCUT2D eigenvalue weighted by atomic mass is 19.2. The van der Waals surface area contributed by atoms with E-state index in [1.807, 2.05) is 0 Å². The standard InChI is InChI=1S/C25H27F3N2O3/c1-14(18-12-29-24(30-13-18)25(4,5)31)20-9-10-21(33-16(3)27)22(23(20)28)17-7-6-8-19(11-17)32-15(2)26/h6-16,31H,1-5H3. The van der Waals surface area contributed by atoms with Crippen LogP contribution in [0.4, 0.5) is 13.2 Å². The molecule has 0 amide bonds. The van der Waals surface area contributed by atoms with Crippen molar-refractivity contribution in [1.29, 1.82) is 0 Å². The third kappa shape index (κ3) is 5.82. The molecule has 8 heteroatoms. The highest BCUT2D eigenvalue weighted by Crippen LogP contribution is 2.40. The molecule has 3 unspecified atom stereocenters. The first kappa shape index (κ1) is 24.5. The fraction of sp³-hybridized carbons (Fsp3) is 0.360. The van der Waals surface area contributed by atoms with Gasteiger partial charge in [0, 0.05) is 32.2 Å². The molecule has 176 valence electrons. The van der Waals surface area contributed by atoms with Crippen molar-refractivity contribution in [2.24, 2.45) is 0 Å². The zero-order valence-electron chi connectivity index (χ0n) is 19.1. The number of nitrogens with zero attached hydrogens (tertiary/aromatic N) is 2. The van der Waals surface area contributed by atoms with Crippen molar-refractivity contribution in [3.63, 3.8) is 0 Å². The highest BCUT2D eigenvalue weighted by Gasteiger charge is 2.24. The van der Waals surface area contributed by atoms with Crippen molar-refractivity contribution in [3.05, 3.63) is 71.6 Å². The van der Waals surface area contributed by atoms with Crippen molar-refractivity contribution in [1.82, 2.24) is 9.97 Å². The van der Waals surface area contributed by atoms with Crippen LogP contribution in [0.2, 0.25) is 0 Å². The van der Waals surface area contributed by atoms with E-state index in [2.05, 4.69) is 9.97 Å². The van der Waals surface area contributed by atoms with Gasteiger partial charge >= 0.3 is 0 Å². The van der Waals surface area contributed by atoms with Crippen LogP contribution in [0.1, 0.15) is 57.5 Å². The molecule has 1 aromatic heterocycles. The molecule has 0 saturated heterocycles. The van der Waals surface area contributed by atoms with Crippen LogP contribution in [-0.2, 0) is 5.60 Å². The van der Waals surface area contributed by atoms with Crippen LogP contribution in [0.5, 0.6) is 11.5 Å². The number of aliphatic hydroxyl groups is 1. The molecule has 2 aromatic carbocycles. The maximum atomic E-state index is 15.9. The predicted molar refractivity (Wildman–Crippen MR) is 119 cm³/mol. The van der Waals surface area contributed by atoms with Gasteiger partial charge in [0.05, 0.1) is 5.56 Å². The summed E-state index contributed by atoms with van der Waals surface area (Å²) in [5.74, 6) is -0.605. The van der Waals surface area contributed by atoms with E-state index in [1.165, 1.54) is 44.4 Å². The zero-order valence-corrected chi connectivity index (χ0v) is 19.1. The van der Waals surface area contributed by atoms with Gasteiger partial charge in [0.25, 0.3) is 0 Å². The van der Waals surface area contributed by atoms with Gasteiger partial charge in [-0.15, -0.1) is 0 Å². The Bertz CT molecular complexity index is 1100. The lowest BCUT2D eigenvalue weighted by Gasteiger charge is -2.20. The summed E-state index contributed by atoms with van der Waals surface area (Å²) < 4.78 is 53.2. The van der Waals surface area contributed by atoms with E-state index in [9.17, 15) is 13.9 Å². The summed E-state index contributed by atoms with van der Waals surface area (Å²) in [6.07, 6.45) is -0.144. The summed E-state index contributed by atoms with van der Waals surface area (Å²) in [7, 11) is 0. The smallest absolute Gasteiger partial charge is 0.235 e. The van der Waals surface area contributed by atoms with E-state index in [0.29, 0.717) is 16.7 Å². The average Bonchev–Trinajstić information content (AvgIpc) is 2.72. The summed E-state index contributed by atoms with van der Waals surface area (Å²) >= 11 is 0. The van der Waals surface area contributed by atoms with Crippen LogP contribution < -0.4 is 9.47 Å². The molecule has 5 nitrogen and oxygen atoms in total. The second kappa shape index (κ2) is 9.79. The molecule has 3 atom stereocenters. The van der Waals surface area contributed by atoms with Gasteiger partial charge in [-0.25, -0.2) is 23.1 Å². The lowest BCUT2D eigenvalue weighted by atomic mass is 9.91. The van der Waals surface area contributed by atoms with E-state index in [1.54, 1.807) is 39.0 Å². The fourth-order valence-electron chi connectivity index (χ4n) is 3.42. The van der Waals surface area contributed by atoms with E-state index < -0.39 is 30.1 Å². The lowest BCUT2D eigenvalue weighted by molar-refractivity contribution is 0.0686. The van der Waals surface area contributed by atoms with Crippen molar-refractivity contribution in [2.75, 3.05) is 0 Å². The first-order valence-electron chi connectivity index (χ1n) is 10.6. The summed E-state index contributed by atoms with van der Waals surface area (Å²) in [6, 6.07) is 9.24. The van der Waals surface area contributed by atoms with Gasteiger partial charge in [0.2, 0.25) is 12.7 Å². The fourth-order valence-corrected chi connectivity index (χ4v) is 3.42. The quantitative estimate of drug-likeness (QED) is 0.443. The molecule has 0 aliphatic heterocycles. The van der Waals surface area contributed by atoms with Gasteiger partial charge in [-0.05, 0) is 48.7 Å². The molecule has 0 fully saturated rings. The van der Waals surface area contributed by atoms with Crippen molar-refractivity contribution >= 4 is 0 Å². The first-order valence-corrected chi connectivity index (χ1v) is 10.6. The van der Waals surface area contributed by atoms with E-state index >= 15 is 4.39 Å². The van der Waals surface area contributed by atoms with Crippen molar-refractivity contribution in [3.8, 4) is 22.6 Å². The van der Waals surface area contributed by atoms with Crippen LogP contribution in [0, 0.1) is 5.82 Å². The molecule has 0 aliphatic carbocycles. The minimum Gasteiger partial charge on any atom is -0.461 e. The number of alkyl halides is 2. The Morgan fingerprint density at radius 3 is 2.15 bits per heavy atom. The number of aromatic nitrogens is 2. The number of halogens is 3. The number of hydrogen-bond acceptors (Lipinski definition) is 5. The second-order valence-corrected chi connectivity index (χ2v) is 8.31. The van der Waals surface area contributed by atoms with Gasteiger partial charge in [-0.3, -0.25) is 0 Å². The molecule has 0 spiro atoms. The number of benzene rings is 2. The van der Waals surface area contributed by atoms with E-state index in [0.717, 1.165) is 0 Å². The molecule has 1 N–H and O–H groups in total. The topological polar surface area (TPSA) is 64.5 Å². The zero-order chi connectivity index (χ0) is 24.3. The predicted octanol–water partition coefficient (Wildman–Crippen LogP) is 6.05. The summed E-state index contributed by atoms with van der Waals surface area (Å²) in [6.45, 7) is 7.37. The van der Waals surface area contributed by atoms with Crippen LogP contribution in [-0.4, -0.2) is 27.8 Å². The minimum absolute atomic E-state index is 0.0116. The molecule has 0 saturated carbocycles. The van der Waals surface area contributed by atoms with Gasteiger partial charge in [0.1, 0.15) is 22.9 Å². The van der Waals surface area contributed by atoms with Crippen LogP contribution in [0.15, 0.2) is 48.8 Å². The Morgan fingerprint density at radius 2 is 1.58 bits per heavy atom. The van der Waals surface area contributed by atoms with Crippen molar-refractivity contribution in [2.45, 2.75) is 58.9 Å². The Hall–Kier alpha value is -3.13. The maximum Gasteiger partial charge on any atom is 0.235 e. The highest BCUT2D eigenvalue weighted by molar-refractivity contribution is 5.73. The third-order valence-electron chi connectivity index (χ3n) is 5.03. The monoisotopic (exact) mass is 460 g/mol. The molecule has 0 radical (unpaired) electrons. The third-order valence-corrected chi connectivity index (χ3v) is 5.03. The molecular formula is C25H27F3N2O3. The van der Waals surface area contributed by atoms with Crippen LogP contribution in [0.3, 0.4) is 0 Å². The average molecular weight is 460 g/mol. The summed E-state index contributed by atoms with van der Waals surface area (Å²) in [4.78, 5) is 8.39. The number of ether oxygens (including phenoxy) is 2. The Morgan fingerprint density at radius 1 is 0.939 bits per heavy atom. The Kier molecular flexibility index (Phi) is 7.27. The van der Waals surface area contributed by atoms with Crippen LogP contribution in [0.25, 0.3) is 11.1 Å². The summed E-state index contributed by atoms with van der Waals surface area (Å²) in [5.41, 5.74) is 0.128. The molecule has 3 rings (SSSR count). The molecule has 33 heavy (non-hydrogen) atoms. The van der Waals surface area contributed by atoms with Gasteiger partial charge in [-0.1, -0.05) is 25.1 Å². The second-order valence-electron chi connectivity index (χ2n) is 8.31. The molecule has 0 bridgehead atoms. The molecule has 1 heterocycles. The van der Waals surface area contributed by atoms with Gasteiger partial charge in [0.15, 0.2) is 5.82 Å². The Labute approximate surface area is 191 Å². The van der Waals surface area contributed by atoms with Crippen LogP contribution >= 0.6 is 0 Å². The molecular weight excluding hydrogens is 433 g/mol. The van der Waals surface area contributed by atoms with Gasteiger partial charge < -0.3 is 14.6 Å². The molecule has 0 aliphatic rings.